The number of alkyl halides is 6. The first-order valence-corrected chi connectivity index (χ1v) is 13.2. The van der Waals surface area contributed by atoms with E-state index in [9.17, 15) is 39.6 Å². The second-order valence-corrected chi connectivity index (χ2v) is 10.7. The number of carbonyl (C=O) groups excluding carboxylic acids is 1. The molecule has 0 aliphatic heterocycles. The van der Waals surface area contributed by atoms with E-state index >= 15 is 0 Å². The van der Waals surface area contributed by atoms with E-state index in [0.29, 0.717) is 25.0 Å². The zero-order valence-corrected chi connectivity index (χ0v) is 21.2. The molecule has 0 unspecified atom stereocenters. The Morgan fingerprint density at radius 1 is 0.875 bits per heavy atom. The van der Waals surface area contributed by atoms with Crippen LogP contribution in [0.3, 0.4) is 0 Å². The Bertz CT molecular complexity index is 1520. The first kappa shape index (κ1) is 28.9. The van der Waals surface area contributed by atoms with Crippen LogP contribution in [-0.2, 0) is 28.9 Å². The van der Waals surface area contributed by atoms with E-state index in [1.165, 1.54) is 36.4 Å². The number of anilines is 2. The fraction of sp³-hybridized carbons (Fsp3) is 0.240. The molecule has 0 atom stereocenters. The summed E-state index contributed by atoms with van der Waals surface area (Å²) in [5, 5.41) is 4.42. The van der Waals surface area contributed by atoms with Crippen molar-refractivity contribution in [1.29, 1.82) is 0 Å². The quantitative estimate of drug-likeness (QED) is 0.195. The van der Waals surface area contributed by atoms with Crippen molar-refractivity contribution in [2.45, 2.75) is 37.0 Å². The van der Waals surface area contributed by atoms with E-state index in [0.717, 1.165) is 18.2 Å². The lowest BCUT2D eigenvalue weighted by Crippen LogP contribution is -2.36. The van der Waals surface area contributed by atoms with E-state index in [1.54, 1.807) is 0 Å². The minimum atomic E-state index is -4.67. The lowest BCUT2D eigenvalue weighted by molar-refractivity contribution is -0.138. The smallest absolute Gasteiger partial charge is 0.311 e. The molecule has 1 aliphatic rings. The van der Waals surface area contributed by atoms with E-state index in [1.807, 2.05) is 0 Å². The van der Waals surface area contributed by atoms with Gasteiger partial charge in [0.05, 0.1) is 22.9 Å². The zero-order chi connectivity index (χ0) is 29.1. The van der Waals surface area contributed by atoms with Crippen LogP contribution >= 0.6 is 0 Å². The number of sulfonamides is 1. The van der Waals surface area contributed by atoms with Gasteiger partial charge in [0, 0.05) is 5.56 Å². The first-order chi connectivity index (χ1) is 18.7. The van der Waals surface area contributed by atoms with Gasteiger partial charge >= 0.3 is 12.4 Å². The molecule has 1 amide bonds. The van der Waals surface area contributed by atoms with Crippen molar-refractivity contribution in [3.8, 4) is 0 Å². The Kier molecular flexibility index (Phi) is 8.05. The molecule has 2 aromatic carbocycles. The number of aliphatic imine (C=N–C) groups is 1. The second-order valence-electron chi connectivity index (χ2n) is 8.73. The van der Waals surface area contributed by atoms with Crippen molar-refractivity contribution in [2.24, 2.45) is 4.99 Å². The summed E-state index contributed by atoms with van der Waals surface area (Å²) < 4.78 is 106. The van der Waals surface area contributed by atoms with Gasteiger partial charge in [0.15, 0.2) is 0 Å². The van der Waals surface area contributed by atoms with Crippen LogP contribution in [0, 0.1) is 0 Å². The molecule has 1 fully saturated rings. The summed E-state index contributed by atoms with van der Waals surface area (Å²) >= 11 is 0. The van der Waals surface area contributed by atoms with Crippen LogP contribution in [-0.4, -0.2) is 30.5 Å². The molecular weight excluding hydrogens is 564 g/mol. The number of nitrogens with one attached hydrogen (secondary N) is 3. The summed E-state index contributed by atoms with van der Waals surface area (Å²) in [5.74, 6) is -1.36. The molecule has 1 aliphatic carbocycles. The van der Waals surface area contributed by atoms with Crippen LogP contribution in [0.25, 0.3) is 0 Å². The fourth-order valence-electron chi connectivity index (χ4n) is 3.49. The summed E-state index contributed by atoms with van der Waals surface area (Å²) in [6.07, 6.45) is -8.26. The first-order valence-electron chi connectivity index (χ1n) is 11.7. The molecule has 0 saturated heterocycles. The molecule has 212 valence electrons. The van der Waals surface area contributed by atoms with Crippen LogP contribution in [0.4, 0.5) is 38.0 Å². The third-order valence-electron chi connectivity index (χ3n) is 5.64. The molecular formula is C25H21F6N5O3S. The van der Waals surface area contributed by atoms with Crippen molar-refractivity contribution in [3.63, 3.8) is 0 Å². The van der Waals surface area contributed by atoms with Gasteiger partial charge in [-0.05, 0) is 60.9 Å². The van der Waals surface area contributed by atoms with Gasteiger partial charge in [-0.15, -0.1) is 0 Å². The third-order valence-corrected chi connectivity index (χ3v) is 7.48. The van der Waals surface area contributed by atoms with Gasteiger partial charge in [-0.1, -0.05) is 24.3 Å². The number of amides is 1. The molecule has 4 rings (SSSR count). The van der Waals surface area contributed by atoms with Gasteiger partial charge in [0.25, 0.3) is 5.91 Å². The van der Waals surface area contributed by atoms with Gasteiger partial charge in [-0.25, -0.2) is 18.4 Å². The number of halogens is 6. The number of hydrogen-bond acceptors (Lipinski definition) is 5. The molecule has 3 aromatic rings. The number of carbonyl (C=O) groups is 1. The number of rotatable bonds is 7. The number of nitrogens with zero attached hydrogens (tertiary/aromatic N) is 2. The average molecular weight is 586 g/mol. The predicted molar refractivity (Wildman–Crippen MR) is 135 cm³/mol. The Hall–Kier alpha value is -4.14. The Morgan fingerprint density at radius 2 is 1.52 bits per heavy atom. The molecule has 1 aromatic heterocycles. The van der Waals surface area contributed by atoms with E-state index in [-0.39, 0.29) is 28.7 Å². The highest BCUT2D eigenvalue weighted by Gasteiger charge is 2.36. The summed E-state index contributed by atoms with van der Waals surface area (Å²) in [5.41, 5.74) is -2.31. The summed E-state index contributed by atoms with van der Waals surface area (Å²) in [6.45, 7) is -0.542. The molecule has 0 spiro atoms. The topological polar surface area (TPSA) is 113 Å². The van der Waals surface area contributed by atoms with Gasteiger partial charge in [-0.3, -0.25) is 14.8 Å². The maximum Gasteiger partial charge on any atom is 0.416 e. The lowest BCUT2D eigenvalue weighted by atomic mass is 10.1. The molecule has 0 radical (unpaired) electrons. The third kappa shape index (κ3) is 7.49. The molecule has 8 nitrogen and oxygen atoms in total. The number of hydrogen-bond donors (Lipinski definition) is 3. The van der Waals surface area contributed by atoms with Gasteiger partial charge in [-0.2, -0.15) is 26.3 Å². The minimum Gasteiger partial charge on any atom is -0.311 e. The Morgan fingerprint density at radius 3 is 2.15 bits per heavy atom. The number of aromatic nitrogens is 1. The summed E-state index contributed by atoms with van der Waals surface area (Å²) in [6, 6.07) is 12.1. The second kappa shape index (κ2) is 11.2. The molecule has 1 saturated carbocycles. The van der Waals surface area contributed by atoms with Crippen LogP contribution in [0.2, 0.25) is 0 Å². The monoisotopic (exact) mass is 585 g/mol. The molecule has 1 heterocycles. The van der Waals surface area contributed by atoms with E-state index in [4.69, 9.17) is 0 Å². The Balaban J connectivity index is 1.60. The van der Waals surface area contributed by atoms with Gasteiger partial charge in [0.1, 0.15) is 11.6 Å². The SMILES string of the molecule is O=C(NC(=NCc1ccccc1C(F)(F)F)Nc1cccc(NS(=O)(=O)C2CC2)n1)c1ccc(C(F)(F)F)cc1. The molecule has 3 N–H and O–H groups in total. The van der Waals surface area contributed by atoms with E-state index in [2.05, 4.69) is 25.3 Å². The van der Waals surface area contributed by atoms with Crippen molar-refractivity contribution in [2.75, 3.05) is 10.0 Å². The maximum absolute atomic E-state index is 13.4. The highest BCUT2D eigenvalue weighted by atomic mass is 32.2. The van der Waals surface area contributed by atoms with Crippen molar-refractivity contribution < 1.29 is 39.6 Å². The molecule has 15 heteroatoms. The number of guanidine groups is 1. The van der Waals surface area contributed by atoms with Crippen LogP contribution < -0.4 is 15.4 Å². The number of pyridine rings is 1. The molecule has 40 heavy (non-hydrogen) atoms. The number of benzene rings is 2. The Labute approximate surface area is 224 Å². The lowest BCUT2D eigenvalue weighted by Gasteiger charge is -2.14. The van der Waals surface area contributed by atoms with Crippen LogP contribution in [0.15, 0.2) is 71.7 Å². The van der Waals surface area contributed by atoms with Gasteiger partial charge in [0.2, 0.25) is 16.0 Å². The van der Waals surface area contributed by atoms with Crippen molar-refractivity contribution >= 4 is 33.5 Å². The predicted octanol–water partition coefficient (Wildman–Crippen LogP) is 5.42. The summed E-state index contributed by atoms with van der Waals surface area (Å²) in [7, 11) is -3.65. The standard InChI is InChI=1S/C25H21F6N5O3S/c26-24(27,28)17-10-8-15(9-11-17)22(37)35-23(32-14-16-4-1-2-5-19(16)25(29,30)31)34-20-6-3-7-21(33-20)36-40(38,39)18-12-13-18/h1-11,18H,12-14H2,(H3,32,33,34,35,36,37). The van der Waals surface area contributed by atoms with Crippen LogP contribution in [0.5, 0.6) is 0 Å². The van der Waals surface area contributed by atoms with Crippen molar-refractivity contribution in [1.82, 2.24) is 10.3 Å². The van der Waals surface area contributed by atoms with E-state index < -0.39 is 51.2 Å². The normalized spacial score (nSPS) is 14.5. The largest absolute Gasteiger partial charge is 0.416 e. The summed E-state index contributed by atoms with van der Waals surface area (Å²) in [4.78, 5) is 20.9. The molecule has 0 bridgehead atoms. The minimum absolute atomic E-state index is 0.0217. The average Bonchev–Trinajstić information content (AvgIpc) is 3.73. The highest BCUT2D eigenvalue weighted by Crippen LogP contribution is 2.32. The van der Waals surface area contributed by atoms with Gasteiger partial charge < -0.3 is 5.32 Å². The maximum atomic E-state index is 13.4. The van der Waals surface area contributed by atoms with Crippen LogP contribution in [0.1, 0.15) is 39.9 Å². The zero-order valence-electron chi connectivity index (χ0n) is 20.3. The highest BCUT2D eigenvalue weighted by molar-refractivity contribution is 7.93. The van der Waals surface area contributed by atoms with Crippen molar-refractivity contribution in [3.05, 3.63) is 89.0 Å². The fourth-order valence-corrected chi connectivity index (χ4v) is 4.82.